The molecule has 2 aromatic carbocycles. The normalized spacial score (nSPS) is 10.7. The van der Waals surface area contributed by atoms with Crippen LogP contribution in [-0.2, 0) is 27.3 Å². The molecule has 1 amide bonds. The number of aromatic nitrogens is 2. The van der Waals surface area contributed by atoms with E-state index in [2.05, 4.69) is 32.9 Å². The zero-order chi connectivity index (χ0) is 18.5. The number of hydrogen-bond acceptors (Lipinski definition) is 4. The van der Waals surface area contributed by atoms with Crippen LogP contribution in [0.15, 0.2) is 48.5 Å². The number of halogens is 1. The van der Waals surface area contributed by atoms with E-state index in [1.807, 2.05) is 54.0 Å². The molecule has 0 spiro atoms. The molecule has 0 bridgehead atoms. The van der Waals surface area contributed by atoms with Gasteiger partial charge < -0.3 is 14.6 Å². The van der Waals surface area contributed by atoms with Crippen molar-refractivity contribution in [1.82, 2.24) is 9.55 Å². The number of fused-ring (bicyclic) bond motifs is 1. The Hall–Kier alpha value is -2.42. The molecule has 0 aliphatic heterocycles. The molecular formula is C19H18IN3O3. The molecule has 3 rings (SSSR count). The van der Waals surface area contributed by atoms with Crippen LogP contribution in [0.2, 0.25) is 0 Å². The van der Waals surface area contributed by atoms with E-state index in [1.165, 1.54) is 0 Å². The Labute approximate surface area is 164 Å². The standard InChI is InChI=1S/C19H18IN3O3/c1-2-17-22-15-8-3-4-9-16(15)23(17)11-19(25)26-12-18(24)21-14-7-5-6-13(20)10-14/h3-10H,2,11-12H2,1H3,(H,21,24). The third-order valence-electron chi connectivity index (χ3n) is 3.81. The molecule has 0 atom stereocenters. The van der Waals surface area contributed by atoms with Crippen molar-refractivity contribution in [1.29, 1.82) is 0 Å². The first-order valence-corrected chi connectivity index (χ1v) is 9.30. The van der Waals surface area contributed by atoms with Gasteiger partial charge in [0, 0.05) is 15.7 Å². The summed E-state index contributed by atoms with van der Waals surface area (Å²) < 4.78 is 7.97. The monoisotopic (exact) mass is 463 g/mol. The number of hydrogen-bond donors (Lipinski definition) is 1. The predicted molar refractivity (Wildman–Crippen MR) is 108 cm³/mol. The van der Waals surface area contributed by atoms with Gasteiger partial charge in [-0.25, -0.2) is 4.98 Å². The van der Waals surface area contributed by atoms with Crippen LogP contribution in [-0.4, -0.2) is 28.0 Å². The minimum absolute atomic E-state index is 0.0280. The smallest absolute Gasteiger partial charge is 0.326 e. The van der Waals surface area contributed by atoms with Gasteiger partial charge >= 0.3 is 5.97 Å². The number of carbonyl (C=O) groups excluding carboxylic acids is 2. The van der Waals surface area contributed by atoms with Crippen LogP contribution < -0.4 is 5.32 Å². The number of aryl methyl sites for hydroxylation is 1. The number of anilines is 1. The molecule has 0 aliphatic carbocycles. The molecule has 1 aromatic heterocycles. The second-order valence-corrected chi connectivity index (χ2v) is 6.92. The third-order valence-corrected chi connectivity index (χ3v) is 4.48. The summed E-state index contributed by atoms with van der Waals surface area (Å²) in [5.41, 5.74) is 2.39. The Bertz CT molecular complexity index is 952. The van der Waals surface area contributed by atoms with E-state index in [0.717, 1.165) is 20.4 Å². The van der Waals surface area contributed by atoms with Crippen LogP contribution >= 0.6 is 22.6 Å². The van der Waals surface area contributed by atoms with Gasteiger partial charge in [0.15, 0.2) is 6.61 Å². The lowest BCUT2D eigenvalue weighted by atomic mass is 10.3. The number of esters is 1. The number of amides is 1. The van der Waals surface area contributed by atoms with Gasteiger partial charge in [-0.1, -0.05) is 25.1 Å². The van der Waals surface area contributed by atoms with Crippen molar-refractivity contribution in [3.05, 3.63) is 57.9 Å². The minimum atomic E-state index is -0.472. The highest BCUT2D eigenvalue weighted by Crippen LogP contribution is 2.16. The molecule has 134 valence electrons. The highest BCUT2D eigenvalue weighted by Gasteiger charge is 2.14. The molecule has 6 nitrogen and oxygen atoms in total. The van der Waals surface area contributed by atoms with E-state index in [1.54, 1.807) is 6.07 Å². The van der Waals surface area contributed by atoms with Gasteiger partial charge in [0.2, 0.25) is 0 Å². The maximum Gasteiger partial charge on any atom is 0.326 e. The summed E-state index contributed by atoms with van der Waals surface area (Å²) in [6, 6.07) is 15.0. The van der Waals surface area contributed by atoms with Crippen molar-refractivity contribution in [2.45, 2.75) is 19.9 Å². The van der Waals surface area contributed by atoms with Gasteiger partial charge in [-0.05, 0) is 52.9 Å². The van der Waals surface area contributed by atoms with Crippen molar-refractivity contribution in [3.8, 4) is 0 Å². The average molecular weight is 463 g/mol. The second-order valence-electron chi connectivity index (χ2n) is 5.68. The number of ether oxygens (including phenoxy) is 1. The number of nitrogens with one attached hydrogen (secondary N) is 1. The van der Waals surface area contributed by atoms with E-state index in [0.29, 0.717) is 12.1 Å². The maximum absolute atomic E-state index is 12.2. The Morgan fingerprint density at radius 2 is 2.00 bits per heavy atom. The third kappa shape index (κ3) is 4.40. The summed E-state index contributed by atoms with van der Waals surface area (Å²) in [5.74, 6) is -0.0290. The largest absolute Gasteiger partial charge is 0.454 e. The lowest BCUT2D eigenvalue weighted by Crippen LogP contribution is -2.23. The average Bonchev–Trinajstić information content (AvgIpc) is 2.98. The quantitative estimate of drug-likeness (QED) is 0.450. The first kappa shape index (κ1) is 18.4. The van der Waals surface area contributed by atoms with Gasteiger partial charge in [0.1, 0.15) is 12.4 Å². The molecule has 0 fully saturated rings. The van der Waals surface area contributed by atoms with Crippen molar-refractivity contribution in [2.24, 2.45) is 0 Å². The van der Waals surface area contributed by atoms with Gasteiger partial charge in [0.05, 0.1) is 11.0 Å². The summed E-state index contributed by atoms with van der Waals surface area (Å²) in [4.78, 5) is 28.7. The molecule has 0 radical (unpaired) electrons. The molecule has 7 heteroatoms. The minimum Gasteiger partial charge on any atom is -0.454 e. The highest BCUT2D eigenvalue weighted by molar-refractivity contribution is 14.1. The van der Waals surface area contributed by atoms with Gasteiger partial charge in [-0.2, -0.15) is 0 Å². The fraction of sp³-hybridized carbons (Fsp3) is 0.211. The van der Waals surface area contributed by atoms with E-state index in [-0.39, 0.29) is 19.1 Å². The molecule has 0 saturated carbocycles. The fourth-order valence-electron chi connectivity index (χ4n) is 2.66. The lowest BCUT2D eigenvalue weighted by Gasteiger charge is -2.09. The Morgan fingerprint density at radius 3 is 2.77 bits per heavy atom. The predicted octanol–water partition coefficient (Wildman–Crippen LogP) is 3.39. The number of benzene rings is 2. The van der Waals surface area contributed by atoms with Crippen LogP contribution in [0.25, 0.3) is 11.0 Å². The van der Waals surface area contributed by atoms with Crippen LogP contribution in [0.1, 0.15) is 12.7 Å². The molecule has 3 aromatic rings. The molecular weight excluding hydrogens is 445 g/mol. The van der Waals surface area contributed by atoms with Crippen LogP contribution in [0.3, 0.4) is 0 Å². The van der Waals surface area contributed by atoms with Gasteiger partial charge in [0.25, 0.3) is 5.91 Å². The number of imidazole rings is 1. The first-order valence-electron chi connectivity index (χ1n) is 8.22. The molecule has 1 heterocycles. The first-order chi connectivity index (χ1) is 12.6. The van der Waals surface area contributed by atoms with E-state index in [4.69, 9.17) is 4.74 Å². The molecule has 1 N–H and O–H groups in total. The zero-order valence-corrected chi connectivity index (χ0v) is 16.4. The van der Waals surface area contributed by atoms with Crippen LogP contribution in [0.4, 0.5) is 5.69 Å². The molecule has 0 unspecified atom stereocenters. The lowest BCUT2D eigenvalue weighted by molar-refractivity contribution is -0.147. The van der Waals surface area contributed by atoms with Crippen molar-refractivity contribution in [2.75, 3.05) is 11.9 Å². The van der Waals surface area contributed by atoms with Crippen molar-refractivity contribution < 1.29 is 14.3 Å². The Kier molecular flexibility index (Phi) is 5.87. The molecule has 0 aliphatic rings. The van der Waals surface area contributed by atoms with E-state index < -0.39 is 5.97 Å². The SMILES string of the molecule is CCc1nc2ccccc2n1CC(=O)OCC(=O)Nc1cccc(I)c1. The maximum atomic E-state index is 12.2. The fourth-order valence-corrected chi connectivity index (χ4v) is 3.20. The summed E-state index contributed by atoms with van der Waals surface area (Å²) in [5, 5.41) is 2.71. The Balaban J connectivity index is 1.60. The van der Waals surface area contributed by atoms with Crippen molar-refractivity contribution in [3.63, 3.8) is 0 Å². The molecule has 26 heavy (non-hydrogen) atoms. The topological polar surface area (TPSA) is 73.2 Å². The van der Waals surface area contributed by atoms with Crippen molar-refractivity contribution >= 4 is 51.2 Å². The summed E-state index contributed by atoms with van der Waals surface area (Å²) in [7, 11) is 0. The van der Waals surface area contributed by atoms with E-state index >= 15 is 0 Å². The van der Waals surface area contributed by atoms with Gasteiger partial charge in [-0.15, -0.1) is 0 Å². The van der Waals surface area contributed by atoms with Crippen LogP contribution in [0, 0.1) is 3.57 Å². The zero-order valence-electron chi connectivity index (χ0n) is 14.2. The summed E-state index contributed by atoms with van der Waals surface area (Å²) in [6.07, 6.45) is 0.703. The number of nitrogens with zero attached hydrogens (tertiary/aromatic N) is 2. The summed E-state index contributed by atoms with van der Waals surface area (Å²) >= 11 is 2.16. The van der Waals surface area contributed by atoms with E-state index in [9.17, 15) is 9.59 Å². The highest BCUT2D eigenvalue weighted by atomic mass is 127. The number of para-hydroxylation sites is 2. The van der Waals surface area contributed by atoms with Crippen LogP contribution in [0.5, 0.6) is 0 Å². The summed E-state index contributed by atoms with van der Waals surface area (Å²) in [6.45, 7) is 1.69. The van der Waals surface area contributed by atoms with Gasteiger partial charge in [-0.3, -0.25) is 9.59 Å². The second kappa shape index (κ2) is 8.31. The number of carbonyl (C=O) groups is 2. The number of rotatable bonds is 6. The Morgan fingerprint density at radius 1 is 1.19 bits per heavy atom. The molecule has 0 saturated heterocycles.